The molecule has 1 aliphatic heterocycles. The Balaban J connectivity index is 1.81. The molecular weight excluding hydrogens is 393 g/mol. The van der Waals surface area contributed by atoms with Crippen LogP contribution in [0.3, 0.4) is 0 Å². The van der Waals surface area contributed by atoms with Crippen LogP contribution in [0, 0.1) is 12.7 Å². The summed E-state index contributed by atoms with van der Waals surface area (Å²) in [4.78, 5) is 27.3. The number of anilines is 1. The molecule has 0 aliphatic carbocycles. The molecule has 0 unspecified atom stereocenters. The van der Waals surface area contributed by atoms with E-state index in [0.717, 1.165) is 11.1 Å². The first-order valence-electron chi connectivity index (χ1n) is 9.82. The van der Waals surface area contributed by atoms with Crippen molar-refractivity contribution < 1.29 is 19.1 Å². The monoisotopic (exact) mass is 413 g/mol. The first kappa shape index (κ1) is 20.3. The Bertz CT molecular complexity index is 1200. The first-order chi connectivity index (χ1) is 15.0. The summed E-state index contributed by atoms with van der Waals surface area (Å²) in [7, 11) is 0. The molecule has 4 nitrogen and oxygen atoms in total. The van der Waals surface area contributed by atoms with Gasteiger partial charge in [0.05, 0.1) is 11.6 Å². The van der Waals surface area contributed by atoms with Crippen LogP contribution in [-0.2, 0) is 9.59 Å². The van der Waals surface area contributed by atoms with E-state index in [0.29, 0.717) is 5.69 Å². The van der Waals surface area contributed by atoms with E-state index in [1.165, 1.54) is 29.2 Å². The fourth-order valence-electron chi connectivity index (χ4n) is 3.65. The standard InChI is InChI=1S/C26H20FNO3/c1-17-11-14-19(15-12-17)28-24(20-9-5-6-10-21(20)27)23(25(30)26(28)31)22(29)16-13-18-7-3-2-4-8-18/h2-16,24,30H,1H3/b16-13+/t24-/m0/s1. The van der Waals surface area contributed by atoms with Gasteiger partial charge in [0.15, 0.2) is 11.5 Å². The minimum atomic E-state index is -1.08. The van der Waals surface area contributed by atoms with E-state index in [4.69, 9.17) is 0 Å². The number of amides is 1. The smallest absolute Gasteiger partial charge is 0.294 e. The largest absolute Gasteiger partial charge is 0.503 e. The van der Waals surface area contributed by atoms with E-state index in [2.05, 4.69) is 0 Å². The van der Waals surface area contributed by atoms with E-state index < -0.39 is 29.3 Å². The maximum Gasteiger partial charge on any atom is 0.294 e. The molecule has 1 N–H and O–H groups in total. The molecule has 1 heterocycles. The Hall–Kier alpha value is -3.99. The van der Waals surface area contributed by atoms with Crippen LogP contribution in [0.2, 0.25) is 0 Å². The van der Waals surface area contributed by atoms with Gasteiger partial charge in [0, 0.05) is 11.3 Å². The number of rotatable bonds is 5. The number of aliphatic hydroxyl groups is 1. The van der Waals surface area contributed by atoms with E-state index in [1.54, 1.807) is 24.3 Å². The van der Waals surface area contributed by atoms with Crippen molar-refractivity contribution >= 4 is 23.5 Å². The van der Waals surface area contributed by atoms with Gasteiger partial charge in [-0.15, -0.1) is 0 Å². The molecule has 0 saturated carbocycles. The zero-order valence-electron chi connectivity index (χ0n) is 16.8. The molecule has 31 heavy (non-hydrogen) atoms. The number of carbonyl (C=O) groups is 2. The molecule has 0 fully saturated rings. The summed E-state index contributed by atoms with van der Waals surface area (Å²) in [6, 6.07) is 21.1. The van der Waals surface area contributed by atoms with Crippen LogP contribution in [-0.4, -0.2) is 16.8 Å². The van der Waals surface area contributed by atoms with Gasteiger partial charge in [-0.3, -0.25) is 14.5 Å². The van der Waals surface area contributed by atoms with Crippen LogP contribution in [0.5, 0.6) is 0 Å². The highest BCUT2D eigenvalue weighted by molar-refractivity contribution is 6.19. The summed E-state index contributed by atoms with van der Waals surface area (Å²) < 4.78 is 14.8. The fourth-order valence-corrected chi connectivity index (χ4v) is 3.65. The summed E-state index contributed by atoms with van der Waals surface area (Å²) in [6.07, 6.45) is 2.89. The van der Waals surface area contributed by atoms with Gasteiger partial charge < -0.3 is 5.11 Å². The number of nitrogens with zero attached hydrogens (tertiary/aromatic N) is 1. The molecule has 4 rings (SSSR count). The van der Waals surface area contributed by atoms with E-state index >= 15 is 0 Å². The number of allylic oxidation sites excluding steroid dienone is 1. The molecule has 0 bridgehead atoms. The van der Waals surface area contributed by atoms with Gasteiger partial charge in [-0.25, -0.2) is 4.39 Å². The number of ketones is 1. The molecule has 0 radical (unpaired) electrons. The van der Waals surface area contributed by atoms with Crippen molar-refractivity contribution in [2.45, 2.75) is 13.0 Å². The summed E-state index contributed by atoms with van der Waals surface area (Å²) >= 11 is 0. The molecule has 154 valence electrons. The highest BCUT2D eigenvalue weighted by Crippen LogP contribution is 2.41. The molecule has 5 heteroatoms. The fraction of sp³-hybridized carbons (Fsp3) is 0.0769. The molecule has 1 atom stereocenters. The van der Waals surface area contributed by atoms with Crippen molar-refractivity contribution in [3.8, 4) is 0 Å². The maximum atomic E-state index is 14.8. The zero-order valence-corrected chi connectivity index (χ0v) is 16.8. The normalized spacial score (nSPS) is 16.4. The third-order valence-electron chi connectivity index (χ3n) is 5.21. The van der Waals surface area contributed by atoms with Gasteiger partial charge in [0.1, 0.15) is 5.82 Å². The van der Waals surface area contributed by atoms with Crippen LogP contribution >= 0.6 is 0 Å². The van der Waals surface area contributed by atoms with E-state index in [-0.39, 0.29) is 11.1 Å². The number of halogens is 1. The Kier molecular flexibility index (Phi) is 5.50. The summed E-state index contributed by atoms with van der Waals surface area (Å²) in [6.45, 7) is 1.91. The second kappa shape index (κ2) is 8.40. The highest BCUT2D eigenvalue weighted by Gasteiger charge is 2.44. The molecule has 0 saturated heterocycles. The predicted octanol–water partition coefficient (Wildman–Crippen LogP) is 5.32. The first-order valence-corrected chi connectivity index (χ1v) is 9.82. The third-order valence-corrected chi connectivity index (χ3v) is 5.21. The molecule has 0 spiro atoms. The molecule has 3 aromatic rings. The molecule has 0 aromatic heterocycles. The Labute approximate surface area is 179 Å². The van der Waals surface area contributed by atoms with Gasteiger partial charge in [-0.05, 0) is 36.8 Å². The average Bonchev–Trinajstić information content (AvgIpc) is 3.04. The van der Waals surface area contributed by atoms with Crippen molar-refractivity contribution in [3.63, 3.8) is 0 Å². The second-order valence-electron chi connectivity index (χ2n) is 7.31. The Morgan fingerprint density at radius 2 is 1.61 bits per heavy atom. The van der Waals surface area contributed by atoms with Crippen LogP contribution < -0.4 is 4.90 Å². The predicted molar refractivity (Wildman–Crippen MR) is 118 cm³/mol. The lowest BCUT2D eigenvalue weighted by molar-refractivity contribution is -0.117. The molecule has 1 aliphatic rings. The van der Waals surface area contributed by atoms with E-state index in [1.807, 2.05) is 49.4 Å². The van der Waals surface area contributed by atoms with Gasteiger partial charge >= 0.3 is 0 Å². The summed E-state index contributed by atoms with van der Waals surface area (Å²) in [5.41, 5.74) is 2.22. The van der Waals surface area contributed by atoms with Crippen molar-refractivity contribution in [2.24, 2.45) is 0 Å². The van der Waals surface area contributed by atoms with Crippen molar-refractivity contribution in [3.05, 3.63) is 119 Å². The zero-order chi connectivity index (χ0) is 22.0. The van der Waals surface area contributed by atoms with Crippen molar-refractivity contribution in [1.82, 2.24) is 0 Å². The Morgan fingerprint density at radius 3 is 2.29 bits per heavy atom. The number of carbonyl (C=O) groups excluding carboxylic acids is 2. The van der Waals surface area contributed by atoms with Gasteiger partial charge in [-0.1, -0.05) is 72.3 Å². The van der Waals surface area contributed by atoms with Crippen LogP contribution in [0.1, 0.15) is 22.7 Å². The molecular formula is C26H20FNO3. The topological polar surface area (TPSA) is 57.6 Å². The lowest BCUT2D eigenvalue weighted by atomic mass is 9.95. The van der Waals surface area contributed by atoms with Crippen LogP contribution in [0.15, 0.2) is 96.3 Å². The average molecular weight is 413 g/mol. The van der Waals surface area contributed by atoms with Crippen molar-refractivity contribution in [2.75, 3.05) is 4.90 Å². The summed E-state index contributed by atoms with van der Waals surface area (Å²) in [5.74, 6) is -2.54. The highest BCUT2D eigenvalue weighted by atomic mass is 19.1. The SMILES string of the molecule is Cc1ccc(N2C(=O)C(O)=C(C(=O)/C=C/c3ccccc3)[C@@H]2c2ccccc2F)cc1. The minimum absolute atomic E-state index is 0.136. The quantitative estimate of drug-likeness (QED) is 0.576. The van der Waals surface area contributed by atoms with Crippen LogP contribution in [0.25, 0.3) is 6.08 Å². The Morgan fingerprint density at radius 1 is 0.968 bits per heavy atom. The minimum Gasteiger partial charge on any atom is -0.503 e. The molecule has 3 aromatic carbocycles. The van der Waals surface area contributed by atoms with E-state index in [9.17, 15) is 19.1 Å². The number of aliphatic hydroxyl groups excluding tert-OH is 1. The molecule has 1 amide bonds. The number of hydrogen-bond acceptors (Lipinski definition) is 3. The lowest BCUT2D eigenvalue weighted by Gasteiger charge is -2.27. The maximum absolute atomic E-state index is 14.8. The van der Waals surface area contributed by atoms with Gasteiger partial charge in [-0.2, -0.15) is 0 Å². The summed E-state index contributed by atoms with van der Waals surface area (Å²) in [5, 5.41) is 10.6. The van der Waals surface area contributed by atoms with Crippen LogP contribution in [0.4, 0.5) is 10.1 Å². The second-order valence-corrected chi connectivity index (χ2v) is 7.31. The third kappa shape index (κ3) is 3.90. The number of aryl methyl sites for hydroxylation is 1. The van der Waals surface area contributed by atoms with Gasteiger partial charge in [0.2, 0.25) is 0 Å². The number of hydrogen-bond donors (Lipinski definition) is 1. The van der Waals surface area contributed by atoms with Crippen molar-refractivity contribution in [1.29, 1.82) is 0 Å². The number of benzene rings is 3. The van der Waals surface area contributed by atoms with Gasteiger partial charge in [0.25, 0.3) is 5.91 Å². The lowest BCUT2D eigenvalue weighted by Crippen LogP contribution is -2.31.